The predicted molar refractivity (Wildman–Crippen MR) is 106 cm³/mol. The smallest absolute Gasteiger partial charge is 0.414 e. The second-order valence-corrected chi connectivity index (χ2v) is 6.51. The van der Waals surface area contributed by atoms with Crippen LogP contribution in [-0.4, -0.2) is 44.8 Å². The molecule has 0 radical (unpaired) electrons. The molecule has 0 aliphatic heterocycles. The van der Waals surface area contributed by atoms with Crippen LogP contribution in [-0.2, 0) is 18.3 Å². The van der Waals surface area contributed by atoms with Crippen LogP contribution in [0.15, 0.2) is 48.7 Å². The van der Waals surface area contributed by atoms with Gasteiger partial charge in [0.25, 0.3) is 0 Å². The van der Waals surface area contributed by atoms with Gasteiger partial charge in [0.05, 0.1) is 13.7 Å². The normalized spacial score (nSPS) is 11.0. The van der Waals surface area contributed by atoms with Gasteiger partial charge in [-0.1, -0.05) is 18.2 Å². The Bertz CT molecular complexity index is 1200. The number of amides is 1. The Hall–Kier alpha value is -3.75. The van der Waals surface area contributed by atoms with E-state index in [9.17, 15) is 9.18 Å². The SMILES string of the molecule is COC(=O)N(C)c1cc(-c2nn(Cc3ccccc3F)c3ncccc23)nn1C. The number of methoxy groups -OCH3 is 1. The summed E-state index contributed by atoms with van der Waals surface area (Å²) in [7, 11) is 4.65. The Morgan fingerprint density at radius 3 is 2.76 bits per heavy atom. The summed E-state index contributed by atoms with van der Waals surface area (Å²) in [5, 5.41) is 9.93. The number of nitrogens with zero attached hydrogens (tertiary/aromatic N) is 6. The van der Waals surface area contributed by atoms with Crippen LogP contribution in [0, 0.1) is 5.82 Å². The van der Waals surface area contributed by atoms with Gasteiger partial charge in [0.1, 0.15) is 23.0 Å². The molecule has 29 heavy (non-hydrogen) atoms. The number of ether oxygens (including phenoxy) is 1. The number of carbonyl (C=O) groups excluding carboxylic acids is 1. The van der Waals surface area contributed by atoms with E-state index in [0.29, 0.717) is 28.4 Å². The lowest BCUT2D eigenvalue weighted by Gasteiger charge is -2.14. The largest absolute Gasteiger partial charge is 0.452 e. The van der Waals surface area contributed by atoms with Gasteiger partial charge in [-0.3, -0.25) is 9.58 Å². The fraction of sp³-hybridized carbons (Fsp3) is 0.200. The number of pyridine rings is 1. The molecule has 0 unspecified atom stereocenters. The third kappa shape index (κ3) is 3.31. The lowest BCUT2D eigenvalue weighted by atomic mass is 10.2. The van der Waals surface area contributed by atoms with Gasteiger partial charge in [0.2, 0.25) is 0 Å². The maximum Gasteiger partial charge on any atom is 0.414 e. The van der Waals surface area contributed by atoms with Crippen molar-refractivity contribution in [2.75, 3.05) is 19.1 Å². The molecule has 4 rings (SSSR count). The first-order valence-electron chi connectivity index (χ1n) is 8.90. The number of fused-ring (bicyclic) bond motifs is 1. The van der Waals surface area contributed by atoms with Crippen molar-refractivity contribution in [1.82, 2.24) is 24.5 Å². The van der Waals surface area contributed by atoms with Gasteiger partial charge < -0.3 is 4.74 Å². The molecule has 0 bridgehead atoms. The number of rotatable bonds is 4. The van der Waals surface area contributed by atoms with Gasteiger partial charge in [-0.25, -0.2) is 18.9 Å². The van der Waals surface area contributed by atoms with Crippen LogP contribution in [0.5, 0.6) is 0 Å². The number of hydrogen-bond donors (Lipinski definition) is 0. The molecule has 9 heteroatoms. The van der Waals surface area contributed by atoms with Gasteiger partial charge in [-0.15, -0.1) is 0 Å². The third-order valence-corrected chi connectivity index (χ3v) is 4.67. The molecule has 3 heterocycles. The molecule has 0 saturated heterocycles. The molecule has 3 aromatic heterocycles. The maximum absolute atomic E-state index is 14.1. The van der Waals surface area contributed by atoms with E-state index in [-0.39, 0.29) is 12.4 Å². The molecule has 8 nitrogen and oxygen atoms in total. The van der Waals surface area contributed by atoms with E-state index in [4.69, 9.17) is 4.74 Å². The maximum atomic E-state index is 14.1. The average Bonchev–Trinajstić information content (AvgIpc) is 3.29. The van der Waals surface area contributed by atoms with E-state index >= 15 is 0 Å². The number of anilines is 1. The predicted octanol–water partition coefficient (Wildman–Crippen LogP) is 3.22. The summed E-state index contributed by atoms with van der Waals surface area (Å²) < 4.78 is 22.1. The van der Waals surface area contributed by atoms with Gasteiger partial charge in [-0.2, -0.15) is 10.2 Å². The van der Waals surface area contributed by atoms with Crippen molar-refractivity contribution in [3.8, 4) is 11.4 Å². The van der Waals surface area contributed by atoms with Crippen LogP contribution < -0.4 is 4.90 Å². The Labute approximate surface area is 166 Å². The number of hydrogen-bond acceptors (Lipinski definition) is 5. The van der Waals surface area contributed by atoms with E-state index < -0.39 is 6.09 Å². The van der Waals surface area contributed by atoms with E-state index in [1.807, 2.05) is 12.1 Å². The van der Waals surface area contributed by atoms with Gasteiger partial charge in [0, 0.05) is 37.3 Å². The summed E-state index contributed by atoms with van der Waals surface area (Å²) in [6.45, 7) is 0.238. The molecule has 0 spiro atoms. The number of benzene rings is 1. The zero-order chi connectivity index (χ0) is 20.5. The van der Waals surface area contributed by atoms with Gasteiger partial charge >= 0.3 is 6.09 Å². The van der Waals surface area contributed by atoms with Crippen molar-refractivity contribution in [2.24, 2.45) is 7.05 Å². The highest BCUT2D eigenvalue weighted by Crippen LogP contribution is 2.29. The summed E-state index contributed by atoms with van der Waals surface area (Å²) >= 11 is 0. The number of halogens is 1. The Morgan fingerprint density at radius 2 is 2.00 bits per heavy atom. The minimum atomic E-state index is -0.504. The van der Waals surface area contributed by atoms with Crippen LogP contribution in [0.3, 0.4) is 0 Å². The second kappa shape index (κ2) is 7.34. The van der Waals surface area contributed by atoms with Gasteiger partial charge in [-0.05, 0) is 18.2 Å². The summed E-state index contributed by atoms with van der Waals surface area (Å²) in [6, 6.07) is 12.0. The standard InChI is InChI=1S/C20H19FN6O2/c1-25(20(28)29-3)17-11-16(23-26(17)2)18-14-8-6-10-22-19(14)27(24-18)12-13-7-4-5-9-15(13)21/h4-11H,12H2,1-3H3. The molecular formula is C20H19FN6O2. The molecule has 0 atom stereocenters. The van der Waals surface area contributed by atoms with Crippen molar-refractivity contribution in [1.29, 1.82) is 0 Å². The quantitative estimate of drug-likeness (QED) is 0.531. The summed E-state index contributed by atoms with van der Waals surface area (Å²) in [5.74, 6) is 0.251. The monoisotopic (exact) mass is 394 g/mol. The minimum Gasteiger partial charge on any atom is -0.452 e. The molecule has 4 aromatic rings. The highest BCUT2D eigenvalue weighted by atomic mass is 19.1. The lowest BCUT2D eigenvalue weighted by Crippen LogP contribution is -2.27. The van der Waals surface area contributed by atoms with Crippen LogP contribution in [0.1, 0.15) is 5.56 Å². The van der Waals surface area contributed by atoms with Crippen LogP contribution >= 0.6 is 0 Å². The molecule has 1 aromatic carbocycles. The number of carbonyl (C=O) groups is 1. The topological polar surface area (TPSA) is 78.1 Å². The summed E-state index contributed by atoms with van der Waals surface area (Å²) in [6.07, 6.45) is 1.16. The molecule has 0 fully saturated rings. The average molecular weight is 394 g/mol. The molecule has 0 aliphatic rings. The van der Waals surface area contributed by atoms with Crippen LogP contribution in [0.2, 0.25) is 0 Å². The highest BCUT2D eigenvalue weighted by Gasteiger charge is 2.21. The summed E-state index contributed by atoms with van der Waals surface area (Å²) in [5.41, 5.74) is 2.31. The molecular weight excluding hydrogens is 375 g/mol. The number of aryl methyl sites for hydroxylation is 1. The van der Waals surface area contributed by atoms with E-state index in [1.54, 1.807) is 53.9 Å². The van der Waals surface area contributed by atoms with E-state index in [0.717, 1.165) is 5.39 Å². The van der Waals surface area contributed by atoms with E-state index in [1.165, 1.54) is 18.1 Å². The Balaban J connectivity index is 1.80. The van der Waals surface area contributed by atoms with Crippen molar-refractivity contribution in [3.63, 3.8) is 0 Å². The lowest BCUT2D eigenvalue weighted by molar-refractivity contribution is 0.180. The van der Waals surface area contributed by atoms with Crippen molar-refractivity contribution in [3.05, 3.63) is 60.0 Å². The van der Waals surface area contributed by atoms with Gasteiger partial charge in [0.15, 0.2) is 5.65 Å². The minimum absolute atomic E-state index is 0.238. The molecule has 0 saturated carbocycles. The molecule has 0 aliphatic carbocycles. The zero-order valence-corrected chi connectivity index (χ0v) is 16.2. The Morgan fingerprint density at radius 1 is 1.21 bits per heavy atom. The molecule has 148 valence electrons. The van der Waals surface area contributed by atoms with Crippen LogP contribution in [0.25, 0.3) is 22.4 Å². The second-order valence-electron chi connectivity index (χ2n) is 6.51. The first-order valence-corrected chi connectivity index (χ1v) is 8.90. The highest BCUT2D eigenvalue weighted by molar-refractivity contribution is 5.92. The molecule has 1 amide bonds. The zero-order valence-electron chi connectivity index (χ0n) is 16.2. The first kappa shape index (κ1) is 18.6. The summed E-state index contributed by atoms with van der Waals surface area (Å²) in [4.78, 5) is 17.6. The fourth-order valence-electron chi connectivity index (χ4n) is 3.21. The van der Waals surface area contributed by atoms with Crippen molar-refractivity contribution in [2.45, 2.75) is 6.54 Å². The third-order valence-electron chi connectivity index (χ3n) is 4.67. The number of aromatic nitrogens is 5. The first-order chi connectivity index (χ1) is 14.0. The molecule has 0 N–H and O–H groups in total. The Kier molecular flexibility index (Phi) is 4.71. The van der Waals surface area contributed by atoms with E-state index in [2.05, 4.69) is 15.2 Å². The fourth-order valence-corrected chi connectivity index (χ4v) is 3.21. The van der Waals surface area contributed by atoms with Crippen molar-refractivity contribution < 1.29 is 13.9 Å². The van der Waals surface area contributed by atoms with Crippen molar-refractivity contribution >= 4 is 22.9 Å². The van der Waals surface area contributed by atoms with Crippen LogP contribution in [0.4, 0.5) is 15.0 Å².